The SMILES string of the molecule is CCC(C)(C)N(C)CC(N)=S. The van der Waals surface area contributed by atoms with Crippen molar-refractivity contribution in [2.24, 2.45) is 5.73 Å². The number of thiocarbonyl (C=S) groups is 1. The van der Waals surface area contributed by atoms with Gasteiger partial charge >= 0.3 is 0 Å². The van der Waals surface area contributed by atoms with E-state index in [1.54, 1.807) is 0 Å². The van der Waals surface area contributed by atoms with Crippen LogP contribution in [0.25, 0.3) is 0 Å². The summed E-state index contributed by atoms with van der Waals surface area (Å²) < 4.78 is 0. The van der Waals surface area contributed by atoms with Gasteiger partial charge in [-0.2, -0.15) is 0 Å². The van der Waals surface area contributed by atoms with Gasteiger partial charge in [-0.25, -0.2) is 0 Å². The Balaban J connectivity index is 4.01. The molecule has 0 unspecified atom stereocenters. The van der Waals surface area contributed by atoms with Crippen molar-refractivity contribution >= 4 is 17.2 Å². The van der Waals surface area contributed by atoms with Gasteiger partial charge in [0.1, 0.15) is 0 Å². The Labute approximate surface area is 74.8 Å². The third kappa shape index (κ3) is 3.68. The van der Waals surface area contributed by atoms with E-state index < -0.39 is 0 Å². The molecule has 0 saturated heterocycles. The number of hydrogen-bond acceptors (Lipinski definition) is 2. The molecule has 0 atom stereocenters. The second kappa shape index (κ2) is 4.02. The minimum Gasteiger partial charge on any atom is -0.392 e. The molecule has 0 amide bonds. The van der Waals surface area contributed by atoms with E-state index in [0.717, 1.165) is 6.42 Å². The van der Waals surface area contributed by atoms with Gasteiger partial charge in [-0.05, 0) is 27.3 Å². The number of likely N-dealkylation sites (N-methyl/N-ethyl adjacent to an activating group) is 1. The molecule has 2 N–H and O–H groups in total. The summed E-state index contributed by atoms with van der Waals surface area (Å²) in [5, 5.41) is 0. The van der Waals surface area contributed by atoms with Gasteiger partial charge in [0.05, 0.1) is 4.99 Å². The van der Waals surface area contributed by atoms with E-state index in [0.29, 0.717) is 11.5 Å². The molecule has 0 bridgehead atoms. The fourth-order valence-corrected chi connectivity index (χ4v) is 0.911. The van der Waals surface area contributed by atoms with Crippen LogP contribution in [-0.4, -0.2) is 29.0 Å². The highest BCUT2D eigenvalue weighted by atomic mass is 32.1. The second-order valence-electron chi connectivity index (χ2n) is 3.49. The molecule has 2 nitrogen and oxygen atoms in total. The fraction of sp³-hybridized carbons (Fsp3) is 0.875. The molecule has 0 rings (SSSR count). The Hall–Kier alpha value is -0.150. The predicted molar refractivity (Wildman–Crippen MR) is 53.8 cm³/mol. The van der Waals surface area contributed by atoms with Crippen molar-refractivity contribution in [1.29, 1.82) is 0 Å². The molecule has 0 fully saturated rings. The second-order valence-corrected chi connectivity index (χ2v) is 4.01. The molecule has 0 heterocycles. The Morgan fingerprint density at radius 3 is 2.27 bits per heavy atom. The van der Waals surface area contributed by atoms with Crippen LogP contribution >= 0.6 is 12.2 Å². The number of nitrogens with zero attached hydrogens (tertiary/aromatic N) is 1. The van der Waals surface area contributed by atoms with Crippen LogP contribution in [0.2, 0.25) is 0 Å². The Kier molecular flexibility index (Phi) is 3.97. The van der Waals surface area contributed by atoms with Crippen molar-refractivity contribution in [1.82, 2.24) is 4.90 Å². The summed E-state index contributed by atoms with van der Waals surface area (Å²) in [5.74, 6) is 0. The van der Waals surface area contributed by atoms with Crippen LogP contribution in [0.15, 0.2) is 0 Å². The minimum absolute atomic E-state index is 0.198. The number of rotatable bonds is 4. The van der Waals surface area contributed by atoms with Crippen LogP contribution < -0.4 is 5.73 Å². The molecule has 3 heteroatoms. The third-order valence-electron chi connectivity index (χ3n) is 2.29. The van der Waals surface area contributed by atoms with Gasteiger partial charge in [0.15, 0.2) is 0 Å². The standard InChI is InChI=1S/C8H18N2S/c1-5-8(2,3)10(4)6-7(9)11/h5-6H2,1-4H3,(H2,9,11). The van der Waals surface area contributed by atoms with E-state index in [-0.39, 0.29) is 5.54 Å². The molecule has 0 aliphatic rings. The molecule has 0 aliphatic heterocycles. The van der Waals surface area contributed by atoms with Crippen molar-refractivity contribution < 1.29 is 0 Å². The summed E-state index contributed by atoms with van der Waals surface area (Å²) in [6.45, 7) is 7.24. The fourth-order valence-electron chi connectivity index (χ4n) is 0.718. The van der Waals surface area contributed by atoms with Gasteiger partial charge in [-0.1, -0.05) is 19.1 Å². The van der Waals surface area contributed by atoms with Crippen molar-refractivity contribution in [2.45, 2.75) is 32.7 Å². The van der Waals surface area contributed by atoms with Crippen LogP contribution in [0.4, 0.5) is 0 Å². The van der Waals surface area contributed by atoms with Gasteiger partial charge in [0.25, 0.3) is 0 Å². The highest BCUT2D eigenvalue weighted by Gasteiger charge is 2.20. The first-order valence-corrected chi connectivity index (χ1v) is 4.30. The van der Waals surface area contributed by atoms with Crippen molar-refractivity contribution in [3.63, 3.8) is 0 Å². The Bertz CT molecular complexity index is 143. The van der Waals surface area contributed by atoms with Gasteiger partial charge in [0.2, 0.25) is 0 Å². The zero-order chi connectivity index (χ0) is 9.07. The van der Waals surface area contributed by atoms with Crippen LogP contribution in [0.1, 0.15) is 27.2 Å². The number of nitrogens with two attached hydrogens (primary N) is 1. The summed E-state index contributed by atoms with van der Waals surface area (Å²) >= 11 is 4.82. The van der Waals surface area contributed by atoms with Crippen LogP contribution in [0.5, 0.6) is 0 Å². The van der Waals surface area contributed by atoms with E-state index in [2.05, 4.69) is 25.7 Å². The van der Waals surface area contributed by atoms with Crippen LogP contribution in [0, 0.1) is 0 Å². The molecule has 0 aromatic heterocycles. The number of hydrogen-bond donors (Lipinski definition) is 1. The molecule has 0 saturated carbocycles. The molecule has 66 valence electrons. The van der Waals surface area contributed by atoms with E-state index in [9.17, 15) is 0 Å². The van der Waals surface area contributed by atoms with Crippen molar-refractivity contribution in [3.8, 4) is 0 Å². The maximum atomic E-state index is 5.43. The monoisotopic (exact) mass is 174 g/mol. The minimum atomic E-state index is 0.198. The zero-order valence-electron chi connectivity index (χ0n) is 7.85. The van der Waals surface area contributed by atoms with Crippen LogP contribution in [-0.2, 0) is 0 Å². The Morgan fingerprint density at radius 1 is 1.55 bits per heavy atom. The summed E-state index contributed by atoms with van der Waals surface area (Å²) in [5.41, 5.74) is 5.63. The average molecular weight is 174 g/mol. The average Bonchev–Trinajstić information content (AvgIpc) is 1.86. The van der Waals surface area contributed by atoms with Gasteiger partial charge in [-0.3, -0.25) is 4.90 Å². The van der Waals surface area contributed by atoms with E-state index in [4.69, 9.17) is 18.0 Å². The smallest absolute Gasteiger partial charge is 0.0870 e. The molecule has 11 heavy (non-hydrogen) atoms. The van der Waals surface area contributed by atoms with E-state index >= 15 is 0 Å². The molecule has 0 aromatic carbocycles. The highest BCUT2D eigenvalue weighted by Crippen LogP contribution is 2.15. The van der Waals surface area contributed by atoms with Crippen molar-refractivity contribution in [2.75, 3.05) is 13.6 Å². The normalized spacial score (nSPS) is 12.1. The lowest BCUT2D eigenvalue weighted by Gasteiger charge is -2.34. The molecule has 0 spiro atoms. The summed E-state index contributed by atoms with van der Waals surface area (Å²) in [7, 11) is 2.04. The zero-order valence-corrected chi connectivity index (χ0v) is 8.66. The van der Waals surface area contributed by atoms with E-state index in [1.165, 1.54) is 0 Å². The predicted octanol–water partition coefficient (Wildman–Crippen LogP) is 1.39. The third-order valence-corrected chi connectivity index (χ3v) is 2.42. The van der Waals surface area contributed by atoms with Crippen molar-refractivity contribution in [3.05, 3.63) is 0 Å². The summed E-state index contributed by atoms with van der Waals surface area (Å²) in [6, 6.07) is 0. The molecule has 0 aromatic rings. The van der Waals surface area contributed by atoms with Crippen LogP contribution in [0.3, 0.4) is 0 Å². The molecule has 0 aliphatic carbocycles. The molecular formula is C8H18N2S. The van der Waals surface area contributed by atoms with E-state index in [1.807, 2.05) is 7.05 Å². The first-order chi connectivity index (χ1) is 4.90. The summed E-state index contributed by atoms with van der Waals surface area (Å²) in [6.07, 6.45) is 1.10. The first kappa shape index (κ1) is 10.8. The highest BCUT2D eigenvalue weighted by molar-refractivity contribution is 7.80. The molecule has 0 radical (unpaired) electrons. The van der Waals surface area contributed by atoms with Gasteiger partial charge < -0.3 is 5.73 Å². The first-order valence-electron chi connectivity index (χ1n) is 3.89. The largest absolute Gasteiger partial charge is 0.392 e. The lowest BCUT2D eigenvalue weighted by Crippen LogP contribution is -2.44. The quantitative estimate of drug-likeness (QED) is 0.653. The molecular weight excluding hydrogens is 156 g/mol. The van der Waals surface area contributed by atoms with Gasteiger partial charge in [0, 0.05) is 12.1 Å². The summed E-state index contributed by atoms with van der Waals surface area (Å²) in [4.78, 5) is 2.74. The maximum Gasteiger partial charge on any atom is 0.0870 e. The maximum absolute atomic E-state index is 5.43. The topological polar surface area (TPSA) is 29.3 Å². The van der Waals surface area contributed by atoms with Gasteiger partial charge in [-0.15, -0.1) is 0 Å². The lowest BCUT2D eigenvalue weighted by atomic mass is 10.0. The Morgan fingerprint density at radius 2 is 2.00 bits per heavy atom. The lowest BCUT2D eigenvalue weighted by molar-refractivity contribution is 0.174.